The highest BCUT2D eigenvalue weighted by Gasteiger charge is 2.20. The largest absolute Gasteiger partial charge is 0.490 e. The molecule has 28 heavy (non-hydrogen) atoms. The number of guanidine groups is 1. The van der Waals surface area contributed by atoms with Gasteiger partial charge in [0.05, 0.1) is 25.5 Å². The van der Waals surface area contributed by atoms with E-state index in [0.29, 0.717) is 43.9 Å². The molecule has 0 saturated heterocycles. The maximum atomic E-state index is 12.1. The van der Waals surface area contributed by atoms with Crippen LogP contribution in [0.25, 0.3) is 0 Å². The molecule has 3 N–H and O–H groups in total. The number of aliphatic imine (C=N–C) groups is 1. The first-order chi connectivity index (χ1) is 13.6. The Morgan fingerprint density at radius 2 is 1.96 bits per heavy atom. The van der Waals surface area contributed by atoms with Crippen molar-refractivity contribution >= 4 is 21.7 Å². The van der Waals surface area contributed by atoms with Gasteiger partial charge in [0.15, 0.2) is 17.5 Å². The van der Waals surface area contributed by atoms with Crippen LogP contribution in [-0.2, 0) is 10.0 Å². The molecule has 1 fully saturated rings. The third-order valence-electron chi connectivity index (χ3n) is 4.80. The Balaban J connectivity index is 1.55. The van der Waals surface area contributed by atoms with Gasteiger partial charge >= 0.3 is 0 Å². The SMILES string of the molecule is CCNC(=NCCS(=O)(=O)NCC1CCC1)Nc1ccc2c(c1)OCCCO2. The van der Waals surface area contributed by atoms with E-state index in [-0.39, 0.29) is 12.3 Å². The van der Waals surface area contributed by atoms with Gasteiger partial charge < -0.3 is 20.1 Å². The molecular weight excluding hydrogens is 380 g/mol. The highest BCUT2D eigenvalue weighted by molar-refractivity contribution is 7.89. The number of anilines is 1. The third kappa shape index (κ3) is 6.27. The van der Waals surface area contributed by atoms with Crippen molar-refractivity contribution in [3.05, 3.63) is 18.2 Å². The zero-order valence-electron chi connectivity index (χ0n) is 16.4. The summed E-state index contributed by atoms with van der Waals surface area (Å²) in [6.07, 6.45) is 4.29. The molecule has 9 heteroatoms. The predicted octanol–water partition coefficient (Wildman–Crippen LogP) is 1.94. The topological polar surface area (TPSA) is 101 Å². The van der Waals surface area contributed by atoms with E-state index in [4.69, 9.17) is 9.47 Å². The molecule has 156 valence electrons. The van der Waals surface area contributed by atoms with Crippen molar-refractivity contribution in [3.8, 4) is 11.5 Å². The van der Waals surface area contributed by atoms with Crippen LogP contribution in [0.4, 0.5) is 5.69 Å². The lowest BCUT2D eigenvalue weighted by molar-refractivity contribution is 0.297. The first-order valence-corrected chi connectivity index (χ1v) is 11.6. The van der Waals surface area contributed by atoms with Gasteiger partial charge in [-0.15, -0.1) is 0 Å². The fourth-order valence-corrected chi connectivity index (χ4v) is 3.94. The van der Waals surface area contributed by atoms with E-state index >= 15 is 0 Å². The van der Waals surface area contributed by atoms with Crippen LogP contribution in [0.2, 0.25) is 0 Å². The first-order valence-electron chi connectivity index (χ1n) is 9.98. The average Bonchev–Trinajstić information content (AvgIpc) is 2.85. The molecule has 1 aromatic rings. The summed E-state index contributed by atoms with van der Waals surface area (Å²) in [5.74, 6) is 2.43. The molecule has 1 aliphatic heterocycles. The van der Waals surface area contributed by atoms with E-state index in [2.05, 4.69) is 20.3 Å². The molecule has 8 nitrogen and oxygen atoms in total. The van der Waals surface area contributed by atoms with Crippen molar-refractivity contribution in [2.75, 3.05) is 43.9 Å². The van der Waals surface area contributed by atoms with Gasteiger partial charge in [0.25, 0.3) is 0 Å². The van der Waals surface area contributed by atoms with Crippen LogP contribution in [0.15, 0.2) is 23.2 Å². The fourth-order valence-electron chi connectivity index (χ4n) is 2.98. The maximum Gasteiger partial charge on any atom is 0.213 e. The molecule has 0 amide bonds. The smallest absolute Gasteiger partial charge is 0.213 e. The lowest BCUT2D eigenvalue weighted by Crippen LogP contribution is -2.35. The number of nitrogens with zero attached hydrogens (tertiary/aromatic N) is 1. The number of hydrogen-bond acceptors (Lipinski definition) is 5. The summed E-state index contributed by atoms with van der Waals surface area (Å²) in [6.45, 7) is 4.62. The van der Waals surface area contributed by atoms with E-state index < -0.39 is 10.0 Å². The Morgan fingerprint density at radius 3 is 2.68 bits per heavy atom. The Morgan fingerprint density at radius 1 is 1.18 bits per heavy atom. The summed E-state index contributed by atoms with van der Waals surface area (Å²) >= 11 is 0. The summed E-state index contributed by atoms with van der Waals surface area (Å²) in [5, 5.41) is 6.32. The van der Waals surface area contributed by atoms with E-state index in [1.807, 2.05) is 25.1 Å². The molecule has 3 rings (SSSR count). The molecule has 0 aromatic heterocycles. The fraction of sp³-hybridized carbons (Fsp3) is 0.632. The van der Waals surface area contributed by atoms with Gasteiger partial charge in [-0.25, -0.2) is 13.1 Å². The van der Waals surface area contributed by atoms with Crippen molar-refractivity contribution < 1.29 is 17.9 Å². The van der Waals surface area contributed by atoms with Crippen LogP contribution in [0.3, 0.4) is 0 Å². The summed E-state index contributed by atoms with van der Waals surface area (Å²) in [5.41, 5.74) is 0.801. The van der Waals surface area contributed by atoms with E-state index in [0.717, 1.165) is 30.7 Å². The number of fused-ring (bicyclic) bond motifs is 1. The third-order valence-corrected chi connectivity index (χ3v) is 6.13. The minimum Gasteiger partial charge on any atom is -0.490 e. The monoisotopic (exact) mass is 410 g/mol. The number of ether oxygens (including phenoxy) is 2. The highest BCUT2D eigenvalue weighted by Crippen LogP contribution is 2.32. The summed E-state index contributed by atoms with van der Waals surface area (Å²) in [4.78, 5) is 4.39. The van der Waals surface area contributed by atoms with Gasteiger partial charge in [-0.3, -0.25) is 4.99 Å². The van der Waals surface area contributed by atoms with Gasteiger partial charge in [-0.1, -0.05) is 6.42 Å². The van der Waals surface area contributed by atoms with Crippen molar-refractivity contribution in [1.82, 2.24) is 10.0 Å². The number of sulfonamides is 1. The van der Waals surface area contributed by atoms with E-state index in [1.54, 1.807) is 0 Å². The van der Waals surface area contributed by atoms with E-state index in [1.165, 1.54) is 6.42 Å². The van der Waals surface area contributed by atoms with Crippen molar-refractivity contribution in [2.24, 2.45) is 10.9 Å². The average molecular weight is 411 g/mol. The molecule has 0 unspecified atom stereocenters. The van der Waals surface area contributed by atoms with Crippen molar-refractivity contribution in [2.45, 2.75) is 32.6 Å². The standard InChI is InChI=1S/C19H30N4O4S/c1-2-20-19(21-9-12-28(24,25)22-14-15-5-3-6-15)23-16-7-8-17-18(13-16)27-11-4-10-26-17/h7-8,13,15,22H,2-6,9-12,14H2,1H3,(H2,20,21,23). The molecule has 0 bridgehead atoms. The van der Waals surface area contributed by atoms with Crippen LogP contribution in [-0.4, -0.2) is 53.0 Å². The van der Waals surface area contributed by atoms with Gasteiger partial charge in [-0.2, -0.15) is 0 Å². The molecule has 0 atom stereocenters. The van der Waals surface area contributed by atoms with Crippen LogP contribution < -0.4 is 24.8 Å². The Labute approximate surface area is 167 Å². The van der Waals surface area contributed by atoms with Gasteiger partial charge in [0.1, 0.15) is 0 Å². The number of benzene rings is 1. The van der Waals surface area contributed by atoms with Crippen molar-refractivity contribution in [3.63, 3.8) is 0 Å². The Bertz CT molecular complexity index is 778. The lowest BCUT2D eigenvalue weighted by atomic mass is 9.86. The zero-order valence-corrected chi connectivity index (χ0v) is 17.2. The molecule has 1 saturated carbocycles. The van der Waals surface area contributed by atoms with Crippen molar-refractivity contribution in [1.29, 1.82) is 0 Å². The first kappa shape index (κ1) is 20.7. The van der Waals surface area contributed by atoms with Crippen LogP contribution >= 0.6 is 0 Å². The maximum absolute atomic E-state index is 12.1. The number of rotatable bonds is 8. The molecule has 2 aliphatic rings. The molecule has 1 aromatic carbocycles. The molecule has 1 aliphatic carbocycles. The van der Waals surface area contributed by atoms with E-state index in [9.17, 15) is 8.42 Å². The summed E-state index contributed by atoms with van der Waals surface area (Å²) < 4.78 is 38.3. The van der Waals surface area contributed by atoms with Crippen LogP contribution in [0, 0.1) is 5.92 Å². The second-order valence-electron chi connectivity index (χ2n) is 7.06. The summed E-state index contributed by atoms with van der Waals surface area (Å²) in [7, 11) is -3.30. The Hall–Kier alpha value is -2.00. The zero-order chi connectivity index (χ0) is 19.8. The predicted molar refractivity (Wildman–Crippen MR) is 111 cm³/mol. The highest BCUT2D eigenvalue weighted by atomic mass is 32.2. The van der Waals surface area contributed by atoms with Gasteiger partial charge in [0, 0.05) is 31.3 Å². The second kappa shape index (κ2) is 9.97. The minimum absolute atomic E-state index is 0.0303. The van der Waals surface area contributed by atoms with Crippen LogP contribution in [0.1, 0.15) is 32.6 Å². The molecule has 1 heterocycles. The van der Waals surface area contributed by atoms with Gasteiger partial charge in [-0.05, 0) is 37.8 Å². The van der Waals surface area contributed by atoms with Gasteiger partial charge in [0.2, 0.25) is 10.0 Å². The molecular formula is C19H30N4O4S. The Kier molecular flexibility index (Phi) is 7.38. The number of nitrogens with one attached hydrogen (secondary N) is 3. The summed E-state index contributed by atoms with van der Waals surface area (Å²) in [6, 6.07) is 5.61. The normalized spacial score (nSPS) is 17.5. The van der Waals surface area contributed by atoms with Crippen LogP contribution in [0.5, 0.6) is 11.5 Å². The molecule has 0 radical (unpaired) electrons. The lowest BCUT2D eigenvalue weighted by Gasteiger charge is -2.25. The quantitative estimate of drug-likeness (QED) is 0.447. The molecule has 0 spiro atoms. The second-order valence-corrected chi connectivity index (χ2v) is 8.99. The minimum atomic E-state index is -3.30. The number of hydrogen-bond donors (Lipinski definition) is 3.